The monoisotopic (exact) mass is 253 g/mol. The van der Waals surface area contributed by atoms with Crippen molar-refractivity contribution in [2.75, 3.05) is 5.32 Å². The quantitative estimate of drug-likeness (QED) is 0.913. The molecule has 0 saturated carbocycles. The van der Waals surface area contributed by atoms with Crippen LogP contribution < -0.4 is 5.32 Å². The molecule has 5 nitrogen and oxygen atoms in total. The highest BCUT2D eigenvalue weighted by atomic mass is 35.5. The van der Waals surface area contributed by atoms with Gasteiger partial charge in [0.2, 0.25) is 0 Å². The van der Waals surface area contributed by atoms with Gasteiger partial charge in [-0.15, -0.1) is 0 Å². The van der Waals surface area contributed by atoms with E-state index in [4.69, 9.17) is 16.9 Å². The van der Waals surface area contributed by atoms with E-state index in [1.165, 1.54) is 11.3 Å². The molecule has 16 heavy (non-hydrogen) atoms. The molecule has 2 aromatic heterocycles. The zero-order valence-corrected chi connectivity index (χ0v) is 10.0. The lowest BCUT2D eigenvalue weighted by Crippen LogP contribution is -1.92. The number of aromatic nitrogens is 3. The van der Waals surface area contributed by atoms with Gasteiger partial charge in [0.1, 0.15) is 10.4 Å². The molecule has 0 aliphatic carbocycles. The predicted octanol–water partition coefficient (Wildman–Crippen LogP) is 2.63. The first-order valence-electron chi connectivity index (χ1n) is 4.59. The molecule has 2 aromatic rings. The molecule has 0 spiro atoms. The molecule has 0 atom stereocenters. The van der Waals surface area contributed by atoms with Crippen molar-refractivity contribution >= 4 is 33.8 Å². The molecule has 1 N–H and O–H groups in total. The van der Waals surface area contributed by atoms with Crippen LogP contribution in [0.25, 0.3) is 0 Å². The number of aryl methyl sites for hydroxylation is 1. The number of rotatable bonds is 3. The number of nitrogens with one attached hydrogen (secondary N) is 1. The first-order chi connectivity index (χ1) is 7.72. The van der Waals surface area contributed by atoms with Gasteiger partial charge in [0, 0.05) is 12.7 Å². The normalized spacial score (nSPS) is 10.1. The fraction of sp³-hybridized carbons (Fsp3) is 0.222. The van der Waals surface area contributed by atoms with Crippen LogP contribution in [0.4, 0.5) is 10.8 Å². The lowest BCUT2D eigenvalue weighted by Gasteiger charge is -1.95. The molecule has 0 aliphatic heterocycles. The molecule has 0 radical (unpaired) electrons. The van der Waals surface area contributed by atoms with Gasteiger partial charge in [0.25, 0.3) is 0 Å². The minimum absolute atomic E-state index is 0.247. The minimum Gasteiger partial charge on any atom is -0.329 e. The maximum Gasteiger partial charge on any atom is 0.189 e. The molecular formula is C9H8ClN5S. The summed E-state index contributed by atoms with van der Waals surface area (Å²) in [5.41, 5.74) is 1.08. The summed E-state index contributed by atoms with van der Waals surface area (Å²) in [4.78, 5) is 4.04. The van der Waals surface area contributed by atoms with Gasteiger partial charge in [0.15, 0.2) is 10.8 Å². The third kappa shape index (κ3) is 2.15. The Bertz CT molecular complexity index is 538. The number of anilines is 2. The van der Waals surface area contributed by atoms with Gasteiger partial charge in [-0.2, -0.15) is 10.4 Å². The highest BCUT2D eigenvalue weighted by molar-refractivity contribution is 7.19. The fourth-order valence-corrected chi connectivity index (χ4v) is 2.12. The summed E-state index contributed by atoms with van der Waals surface area (Å²) in [6.45, 7) is 2.81. The highest BCUT2D eigenvalue weighted by Gasteiger charge is 2.09. The van der Waals surface area contributed by atoms with Crippen LogP contribution in [0.3, 0.4) is 0 Å². The number of nitriles is 1. The Balaban J connectivity index is 2.17. The van der Waals surface area contributed by atoms with E-state index >= 15 is 0 Å². The van der Waals surface area contributed by atoms with Crippen molar-refractivity contribution in [2.45, 2.75) is 13.5 Å². The Morgan fingerprint density at radius 2 is 2.50 bits per heavy atom. The molecule has 0 aliphatic rings. The second-order valence-corrected chi connectivity index (χ2v) is 4.56. The van der Waals surface area contributed by atoms with Crippen molar-refractivity contribution in [1.82, 2.24) is 14.8 Å². The Morgan fingerprint density at radius 3 is 3.06 bits per heavy atom. The SMILES string of the molecule is CCn1cc(Nc2nc(C#N)c(Cl)s2)cn1. The molecule has 0 amide bonds. The van der Waals surface area contributed by atoms with Crippen LogP contribution in [0, 0.1) is 11.3 Å². The van der Waals surface area contributed by atoms with Gasteiger partial charge in [-0.25, -0.2) is 4.98 Å². The fourth-order valence-electron chi connectivity index (χ4n) is 1.15. The first-order valence-corrected chi connectivity index (χ1v) is 5.78. The second kappa shape index (κ2) is 4.51. The first kappa shape index (κ1) is 10.9. The van der Waals surface area contributed by atoms with Crippen LogP contribution in [0.15, 0.2) is 12.4 Å². The van der Waals surface area contributed by atoms with E-state index in [0.29, 0.717) is 9.47 Å². The molecule has 0 unspecified atom stereocenters. The van der Waals surface area contributed by atoms with Gasteiger partial charge in [-0.05, 0) is 6.92 Å². The largest absolute Gasteiger partial charge is 0.329 e. The lowest BCUT2D eigenvalue weighted by atomic mass is 10.5. The van der Waals surface area contributed by atoms with E-state index in [1.54, 1.807) is 10.9 Å². The highest BCUT2D eigenvalue weighted by Crippen LogP contribution is 2.29. The standard InChI is InChI=1S/C9H8ClN5S/c1-2-15-5-6(4-12-15)13-9-14-7(3-11)8(10)16-9/h4-5H,2H2,1H3,(H,13,14). The van der Waals surface area contributed by atoms with Gasteiger partial charge < -0.3 is 5.32 Å². The summed E-state index contributed by atoms with van der Waals surface area (Å²) in [6, 6.07) is 1.92. The maximum atomic E-state index is 8.71. The van der Waals surface area contributed by atoms with Gasteiger partial charge in [-0.3, -0.25) is 4.68 Å². The van der Waals surface area contributed by atoms with Crippen molar-refractivity contribution in [1.29, 1.82) is 5.26 Å². The van der Waals surface area contributed by atoms with E-state index in [-0.39, 0.29) is 5.69 Å². The molecule has 2 heterocycles. The smallest absolute Gasteiger partial charge is 0.189 e. The van der Waals surface area contributed by atoms with Crippen molar-refractivity contribution in [3.8, 4) is 6.07 Å². The van der Waals surface area contributed by atoms with E-state index in [0.717, 1.165) is 12.2 Å². The minimum atomic E-state index is 0.247. The van der Waals surface area contributed by atoms with E-state index in [9.17, 15) is 0 Å². The third-order valence-electron chi connectivity index (χ3n) is 1.90. The topological polar surface area (TPSA) is 66.5 Å². The number of hydrogen-bond donors (Lipinski definition) is 1. The van der Waals surface area contributed by atoms with Gasteiger partial charge >= 0.3 is 0 Å². The Morgan fingerprint density at radius 1 is 1.69 bits per heavy atom. The van der Waals surface area contributed by atoms with Crippen LogP contribution in [-0.2, 0) is 6.54 Å². The van der Waals surface area contributed by atoms with Crippen LogP contribution in [0.1, 0.15) is 12.6 Å². The number of nitrogens with zero attached hydrogens (tertiary/aromatic N) is 4. The van der Waals surface area contributed by atoms with Crippen LogP contribution in [0.2, 0.25) is 4.34 Å². The van der Waals surface area contributed by atoms with Gasteiger partial charge in [-0.1, -0.05) is 22.9 Å². The van der Waals surface area contributed by atoms with Crippen molar-refractivity contribution in [2.24, 2.45) is 0 Å². The number of thiazole rings is 1. The van der Waals surface area contributed by atoms with Crippen LogP contribution in [-0.4, -0.2) is 14.8 Å². The Labute approximate surface area is 101 Å². The maximum absolute atomic E-state index is 8.71. The molecular weight excluding hydrogens is 246 g/mol. The van der Waals surface area contributed by atoms with Crippen LogP contribution in [0.5, 0.6) is 0 Å². The van der Waals surface area contributed by atoms with Crippen molar-refractivity contribution in [3.05, 3.63) is 22.4 Å². The van der Waals surface area contributed by atoms with Crippen molar-refractivity contribution < 1.29 is 0 Å². The van der Waals surface area contributed by atoms with Crippen LogP contribution >= 0.6 is 22.9 Å². The van der Waals surface area contributed by atoms with Gasteiger partial charge in [0.05, 0.1) is 11.9 Å². The molecule has 7 heteroatoms. The van der Waals surface area contributed by atoms with E-state index < -0.39 is 0 Å². The summed E-state index contributed by atoms with van der Waals surface area (Å²) in [6.07, 6.45) is 3.56. The van der Waals surface area contributed by atoms with E-state index in [2.05, 4.69) is 15.4 Å². The second-order valence-electron chi connectivity index (χ2n) is 2.96. The predicted molar refractivity (Wildman–Crippen MR) is 63.0 cm³/mol. The summed E-state index contributed by atoms with van der Waals surface area (Å²) in [5.74, 6) is 0. The summed E-state index contributed by atoms with van der Waals surface area (Å²) < 4.78 is 2.19. The molecule has 82 valence electrons. The van der Waals surface area contributed by atoms with Crippen molar-refractivity contribution in [3.63, 3.8) is 0 Å². The molecule has 0 fully saturated rings. The molecule has 0 bridgehead atoms. The Hall–Kier alpha value is -1.58. The summed E-state index contributed by atoms with van der Waals surface area (Å²) >= 11 is 7.05. The zero-order chi connectivity index (χ0) is 11.5. The third-order valence-corrected chi connectivity index (χ3v) is 3.07. The summed E-state index contributed by atoms with van der Waals surface area (Å²) in [7, 11) is 0. The van der Waals surface area contributed by atoms with E-state index in [1.807, 2.05) is 19.2 Å². The summed E-state index contributed by atoms with van der Waals surface area (Å²) in [5, 5.41) is 16.5. The molecule has 0 saturated heterocycles. The molecule has 0 aromatic carbocycles. The number of halogens is 1. The molecule has 2 rings (SSSR count). The average Bonchev–Trinajstić information content (AvgIpc) is 2.85. The lowest BCUT2D eigenvalue weighted by molar-refractivity contribution is 0.660. The zero-order valence-electron chi connectivity index (χ0n) is 8.44. The Kier molecular flexibility index (Phi) is 3.08. The number of hydrogen-bond acceptors (Lipinski definition) is 5. The average molecular weight is 254 g/mol.